The summed E-state index contributed by atoms with van der Waals surface area (Å²) < 4.78 is 16.8. The van der Waals surface area contributed by atoms with E-state index < -0.39 is 5.41 Å². The number of hydrogen-bond acceptors (Lipinski definition) is 3. The van der Waals surface area contributed by atoms with Crippen molar-refractivity contribution < 1.29 is 4.39 Å². The van der Waals surface area contributed by atoms with E-state index in [-0.39, 0.29) is 5.82 Å². The fraction of sp³-hybridized carbons (Fsp3) is 0.0172. The third kappa shape index (κ3) is 4.66. The maximum atomic E-state index is 16.8. The summed E-state index contributed by atoms with van der Waals surface area (Å²) in [5.41, 5.74) is 13.6. The summed E-state index contributed by atoms with van der Waals surface area (Å²) in [6.07, 6.45) is 1.84. The van der Waals surface area contributed by atoms with E-state index in [0.29, 0.717) is 5.69 Å². The molecule has 4 heteroatoms. The van der Waals surface area contributed by atoms with E-state index in [1.54, 1.807) is 12.1 Å². The first-order chi connectivity index (χ1) is 30.7. The average Bonchev–Trinajstić information content (AvgIpc) is 3.81. The zero-order valence-corrected chi connectivity index (χ0v) is 33.5. The minimum Gasteiger partial charge on any atom is -0.306 e. The molecule has 11 aromatic rings. The zero-order chi connectivity index (χ0) is 40.9. The third-order valence-electron chi connectivity index (χ3n) is 13.3. The first-order valence-electron chi connectivity index (χ1n) is 21.2. The Morgan fingerprint density at radius 3 is 1.53 bits per heavy atom. The van der Waals surface area contributed by atoms with Crippen LogP contribution >= 0.6 is 0 Å². The lowest BCUT2D eigenvalue weighted by atomic mass is 9.70. The average molecular weight is 794 g/mol. The SMILES string of the molecule is Fc1ccccc1N(c1cccc2c1-c1ccccc1C21c2ccccc2-c2ccccc21)c1ccc2ccc3c(N(c4ccccc4)c4ccccn4)ccc4ccc1c2c43. The molecular weight excluding hydrogens is 758 g/mol. The van der Waals surface area contributed by atoms with Gasteiger partial charge in [0.05, 0.1) is 28.2 Å². The van der Waals surface area contributed by atoms with Crippen LogP contribution in [-0.2, 0) is 5.41 Å². The van der Waals surface area contributed by atoms with Crippen LogP contribution in [0.3, 0.4) is 0 Å². The molecule has 0 atom stereocenters. The lowest BCUT2D eigenvalue weighted by Crippen LogP contribution is -2.26. The minimum atomic E-state index is -0.534. The summed E-state index contributed by atoms with van der Waals surface area (Å²) in [4.78, 5) is 9.24. The van der Waals surface area contributed by atoms with Gasteiger partial charge in [0.15, 0.2) is 0 Å². The summed E-state index contributed by atoms with van der Waals surface area (Å²) in [5.74, 6) is 0.549. The number of benzene rings is 10. The largest absolute Gasteiger partial charge is 0.306 e. The number of nitrogens with zero attached hydrogens (tertiary/aromatic N) is 3. The molecule has 0 bridgehead atoms. The smallest absolute Gasteiger partial charge is 0.147 e. The Morgan fingerprint density at radius 2 is 0.887 bits per heavy atom. The van der Waals surface area contributed by atoms with Crippen LogP contribution < -0.4 is 9.80 Å². The highest BCUT2D eigenvalue weighted by Crippen LogP contribution is 2.65. The molecular formula is C58H36FN3. The van der Waals surface area contributed by atoms with E-state index in [0.717, 1.165) is 72.0 Å². The molecule has 1 spiro atoms. The predicted molar refractivity (Wildman–Crippen MR) is 254 cm³/mol. The fourth-order valence-electron chi connectivity index (χ4n) is 11.0. The molecule has 10 aromatic carbocycles. The number of rotatable bonds is 6. The number of para-hydroxylation sites is 2. The summed E-state index contributed by atoms with van der Waals surface area (Å²) in [6.45, 7) is 0. The van der Waals surface area contributed by atoms with Crippen LogP contribution in [0.2, 0.25) is 0 Å². The Bertz CT molecular complexity index is 3480. The summed E-state index contributed by atoms with van der Waals surface area (Å²) in [6, 6.07) is 74.5. The molecule has 62 heavy (non-hydrogen) atoms. The van der Waals surface area contributed by atoms with Crippen molar-refractivity contribution >= 4 is 66.6 Å². The minimum absolute atomic E-state index is 0.287. The second kappa shape index (κ2) is 13.2. The van der Waals surface area contributed by atoms with Crippen molar-refractivity contribution in [2.45, 2.75) is 5.41 Å². The van der Waals surface area contributed by atoms with Crippen LogP contribution in [-0.4, -0.2) is 4.98 Å². The number of aromatic nitrogens is 1. The molecule has 13 rings (SSSR count). The Morgan fingerprint density at radius 1 is 0.371 bits per heavy atom. The van der Waals surface area contributed by atoms with Gasteiger partial charge in [-0.05, 0) is 115 Å². The van der Waals surface area contributed by atoms with Gasteiger partial charge in [-0.1, -0.05) is 158 Å². The van der Waals surface area contributed by atoms with Gasteiger partial charge in [-0.25, -0.2) is 9.37 Å². The Kier molecular flexibility index (Phi) is 7.40. The van der Waals surface area contributed by atoms with Crippen LogP contribution in [0.1, 0.15) is 22.3 Å². The molecule has 0 fully saturated rings. The normalized spacial score (nSPS) is 13.0. The van der Waals surface area contributed by atoms with Gasteiger partial charge in [0.2, 0.25) is 0 Å². The number of hydrogen-bond donors (Lipinski definition) is 0. The molecule has 290 valence electrons. The fourth-order valence-corrected chi connectivity index (χ4v) is 11.0. The summed E-state index contributed by atoms with van der Waals surface area (Å²) in [7, 11) is 0. The number of fused-ring (bicyclic) bond motifs is 10. The van der Waals surface area contributed by atoms with Gasteiger partial charge in [0.25, 0.3) is 0 Å². The second-order valence-electron chi connectivity index (χ2n) is 16.3. The van der Waals surface area contributed by atoms with Gasteiger partial charge in [0, 0.05) is 28.2 Å². The molecule has 0 unspecified atom stereocenters. The molecule has 0 radical (unpaired) electrons. The maximum Gasteiger partial charge on any atom is 0.147 e. The van der Waals surface area contributed by atoms with Crippen molar-refractivity contribution in [2.24, 2.45) is 0 Å². The third-order valence-corrected chi connectivity index (χ3v) is 13.3. The van der Waals surface area contributed by atoms with E-state index >= 15 is 4.39 Å². The van der Waals surface area contributed by atoms with E-state index in [2.05, 4.69) is 180 Å². The summed E-state index contributed by atoms with van der Waals surface area (Å²) in [5, 5.41) is 6.71. The highest BCUT2D eigenvalue weighted by molar-refractivity contribution is 6.28. The maximum absolute atomic E-state index is 16.8. The lowest BCUT2D eigenvalue weighted by molar-refractivity contribution is 0.629. The molecule has 3 nitrogen and oxygen atoms in total. The van der Waals surface area contributed by atoms with Gasteiger partial charge in [-0.15, -0.1) is 0 Å². The van der Waals surface area contributed by atoms with E-state index in [4.69, 9.17) is 4.98 Å². The second-order valence-corrected chi connectivity index (χ2v) is 16.3. The van der Waals surface area contributed by atoms with Gasteiger partial charge in [-0.3, -0.25) is 4.90 Å². The first-order valence-corrected chi connectivity index (χ1v) is 21.2. The van der Waals surface area contributed by atoms with Crippen molar-refractivity contribution in [1.29, 1.82) is 0 Å². The first kappa shape index (κ1) is 34.8. The van der Waals surface area contributed by atoms with Crippen molar-refractivity contribution in [2.75, 3.05) is 9.80 Å². The van der Waals surface area contributed by atoms with Crippen LogP contribution in [0, 0.1) is 5.82 Å². The van der Waals surface area contributed by atoms with E-state index in [1.165, 1.54) is 33.4 Å². The molecule has 0 saturated carbocycles. The van der Waals surface area contributed by atoms with Gasteiger partial charge in [0.1, 0.15) is 11.6 Å². The van der Waals surface area contributed by atoms with E-state index in [1.807, 2.05) is 36.5 Å². The van der Waals surface area contributed by atoms with Crippen molar-refractivity contribution in [3.05, 3.63) is 247 Å². The molecule has 0 amide bonds. The Balaban J connectivity index is 1.10. The van der Waals surface area contributed by atoms with Crippen LogP contribution in [0.4, 0.5) is 38.6 Å². The van der Waals surface area contributed by atoms with Crippen LogP contribution in [0.5, 0.6) is 0 Å². The van der Waals surface area contributed by atoms with Gasteiger partial charge >= 0.3 is 0 Å². The predicted octanol–water partition coefficient (Wildman–Crippen LogP) is 15.4. The monoisotopic (exact) mass is 793 g/mol. The Labute approximate surface area is 358 Å². The molecule has 1 aromatic heterocycles. The molecule has 0 saturated heterocycles. The number of pyridine rings is 1. The van der Waals surface area contributed by atoms with E-state index in [9.17, 15) is 0 Å². The van der Waals surface area contributed by atoms with Gasteiger partial charge in [-0.2, -0.15) is 0 Å². The molecule has 2 aliphatic carbocycles. The van der Waals surface area contributed by atoms with Crippen LogP contribution in [0.15, 0.2) is 219 Å². The lowest BCUT2D eigenvalue weighted by Gasteiger charge is -2.32. The topological polar surface area (TPSA) is 19.4 Å². The Hall–Kier alpha value is -8.08. The molecule has 0 N–H and O–H groups in total. The highest BCUT2D eigenvalue weighted by Gasteiger charge is 2.52. The molecule has 1 heterocycles. The standard InChI is InChI=1S/C58H36FN3/c59-49-24-10-11-25-52(49)62(53-26-14-23-48-57(53)42-19-6-9-22-47(42)58(48)45-20-7-4-17-40(45)41-18-5-8-21-46(41)58)51-35-31-38-28-32-43-50(34-30-37-29-33-44(51)56(38)55(37)43)61(39-15-2-1-3-16-39)54-27-12-13-36-60-54/h1-36H. The molecule has 0 aliphatic heterocycles. The number of anilines is 6. The molecule has 2 aliphatic rings. The van der Waals surface area contributed by atoms with Crippen LogP contribution in [0.25, 0.3) is 54.6 Å². The number of halogens is 1. The quantitative estimate of drug-likeness (QED) is 0.156. The van der Waals surface area contributed by atoms with Crippen molar-refractivity contribution in [3.63, 3.8) is 0 Å². The van der Waals surface area contributed by atoms with Crippen molar-refractivity contribution in [3.8, 4) is 22.3 Å². The van der Waals surface area contributed by atoms with Gasteiger partial charge < -0.3 is 4.90 Å². The summed E-state index contributed by atoms with van der Waals surface area (Å²) >= 11 is 0. The zero-order valence-electron chi connectivity index (χ0n) is 33.5. The highest BCUT2D eigenvalue weighted by atomic mass is 19.1. The van der Waals surface area contributed by atoms with Crippen molar-refractivity contribution in [1.82, 2.24) is 4.98 Å².